The summed E-state index contributed by atoms with van der Waals surface area (Å²) in [4.78, 5) is 0. The molecule has 134 valence electrons. The lowest BCUT2D eigenvalue weighted by atomic mass is 10.2. The lowest BCUT2D eigenvalue weighted by Crippen LogP contribution is -2.28. The number of halogens is 3. The first-order valence-electron chi connectivity index (χ1n) is 7.19. The average molecular weight is 397 g/mol. The first-order chi connectivity index (χ1) is 12.5. The van der Waals surface area contributed by atoms with Crippen LogP contribution in [0.2, 0.25) is 10.0 Å². The Bertz CT molecular complexity index is 951. The Morgan fingerprint density at radius 1 is 1.19 bits per heavy atom. The quantitative estimate of drug-likeness (QED) is 0.378. The zero-order valence-electron chi connectivity index (χ0n) is 13.0. The number of nitrogens with zero attached hydrogens (tertiary/aromatic N) is 3. The summed E-state index contributed by atoms with van der Waals surface area (Å²) < 4.78 is 23.4. The summed E-state index contributed by atoms with van der Waals surface area (Å²) >= 11 is 11.7. The molecule has 1 heterocycles. The average Bonchev–Trinajstić information content (AvgIpc) is 3.10. The number of hydrogen-bond acceptors (Lipinski definition) is 6. The van der Waals surface area contributed by atoms with Gasteiger partial charge in [-0.2, -0.15) is 0 Å². The molecular formula is C16H11Cl2FN4O3. The van der Waals surface area contributed by atoms with Crippen molar-refractivity contribution in [2.75, 3.05) is 5.06 Å². The second-order valence-electron chi connectivity index (χ2n) is 5.04. The highest BCUT2D eigenvalue weighted by Gasteiger charge is 2.22. The molecule has 0 atom stereocenters. The summed E-state index contributed by atoms with van der Waals surface area (Å²) in [6.07, 6.45) is 0. The minimum Gasteiger partial charge on any atom is -0.486 e. The van der Waals surface area contributed by atoms with Gasteiger partial charge in [-0.3, -0.25) is 10.6 Å². The van der Waals surface area contributed by atoms with Crippen molar-refractivity contribution < 1.29 is 19.0 Å². The van der Waals surface area contributed by atoms with E-state index in [2.05, 4.69) is 14.9 Å². The fourth-order valence-corrected chi connectivity index (χ4v) is 2.40. The zero-order valence-corrected chi connectivity index (χ0v) is 14.5. The minimum atomic E-state index is -0.646. The van der Waals surface area contributed by atoms with Gasteiger partial charge in [-0.1, -0.05) is 40.5 Å². The van der Waals surface area contributed by atoms with Crippen molar-refractivity contribution in [3.63, 3.8) is 0 Å². The second kappa shape index (κ2) is 7.69. The molecule has 0 amide bonds. The number of rotatable bonds is 5. The largest absolute Gasteiger partial charge is 0.486 e. The van der Waals surface area contributed by atoms with Gasteiger partial charge in [0.15, 0.2) is 17.2 Å². The summed E-state index contributed by atoms with van der Waals surface area (Å²) in [5, 5.41) is 26.2. The Balaban J connectivity index is 1.77. The highest BCUT2D eigenvalue weighted by molar-refractivity contribution is 6.32. The lowest BCUT2D eigenvalue weighted by Gasteiger charge is -2.16. The molecule has 0 unspecified atom stereocenters. The summed E-state index contributed by atoms with van der Waals surface area (Å²) in [5.74, 6) is -0.681. The number of para-hydroxylation sites is 1. The molecule has 26 heavy (non-hydrogen) atoms. The monoisotopic (exact) mass is 396 g/mol. The van der Waals surface area contributed by atoms with Gasteiger partial charge in [0.1, 0.15) is 18.2 Å². The predicted molar refractivity (Wildman–Crippen MR) is 92.6 cm³/mol. The van der Waals surface area contributed by atoms with Gasteiger partial charge in [0.25, 0.3) is 0 Å². The van der Waals surface area contributed by atoms with E-state index in [1.165, 1.54) is 12.1 Å². The van der Waals surface area contributed by atoms with Crippen LogP contribution < -0.4 is 9.80 Å². The van der Waals surface area contributed by atoms with Crippen molar-refractivity contribution in [2.24, 2.45) is 0 Å². The first-order valence-corrected chi connectivity index (χ1v) is 7.94. The summed E-state index contributed by atoms with van der Waals surface area (Å²) in [7, 11) is 0. The molecule has 0 aliphatic heterocycles. The number of hydrogen-bond donors (Lipinski definition) is 2. The summed E-state index contributed by atoms with van der Waals surface area (Å²) in [5.41, 5.74) is 0.185. The molecule has 10 heteroatoms. The molecule has 3 rings (SSSR count). The molecule has 0 saturated carbocycles. The fraction of sp³-hybridized carbons (Fsp3) is 0.0625. The molecule has 2 aromatic carbocycles. The van der Waals surface area contributed by atoms with Crippen LogP contribution in [0.4, 0.5) is 10.1 Å². The zero-order chi connectivity index (χ0) is 18.7. The van der Waals surface area contributed by atoms with Crippen LogP contribution in [0.5, 0.6) is 5.75 Å². The van der Waals surface area contributed by atoms with Gasteiger partial charge in [0.05, 0.1) is 15.7 Å². The molecule has 1 aromatic heterocycles. The standard InChI is InChI=1S/C16H11Cl2FN4O3/c17-10-3-1-2-4-14(10)25-8-13-15(22-26-21-13)16(20)23(24)9-5-6-12(19)11(18)7-9/h1-7,20,24H,8H2. The van der Waals surface area contributed by atoms with Crippen LogP contribution in [0, 0.1) is 11.2 Å². The van der Waals surface area contributed by atoms with Crippen LogP contribution in [0.25, 0.3) is 0 Å². The van der Waals surface area contributed by atoms with Gasteiger partial charge in [0.2, 0.25) is 0 Å². The number of ether oxygens (including phenoxy) is 1. The van der Waals surface area contributed by atoms with Crippen LogP contribution >= 0.6 is 23.2 Å². The molecule has 0 radical (unpaired) electrons. The normalized spacial score (nSPS) is 10.6. The van der Waals surface area contributed by atoms with Gasteiger partial charge < -0.3 is 4.74 Å². The van der Waals surface area contributed by atoms with Gasteiger partial charge in [-0.05, 0) is 35.5 Å². The summed E-state index contributed by atoms with van der Waals surface area (Å²) in [6, 6.07) is 10.3. The van der Waals surface area contributed by atoms with E-state index >= 15 is 0 Å². The third-order valence-corrected chi connectivity index (χ3v) is 3.94. The van der Waals surface area contributed by atoms with Gasteiger partial charge in [-0.25, -0.2) is 14.1 Å². The van der Waals surface area contributed by atoms with E-state index in [4.69, 9.17) is 33.3 Å². The number of anilines is 1. The maximum atomic E-state index is 13.2. The first kappa shape index (κ1) is 18.1. The Kier molecular flexibility index (Phi) is 5.36. The van der Waals surface area contributed by atoms with E-state index in [1.54, 1.807) is 24.3 Å². The van der Waals surface area contributed by atoms with Crippen LogP contribution in [0.15, 0.2) is 47.1 Å². The molecule has 3 aromatic rings. The molecule has 0 bridgehead atoms. The van der Waals surface area contributed by atoms with Crippen molar-refractivity contribution in [1.82, 2.24) is 10.3 Å². The Labute approximate surface area is 156 Å². The third kappa shape index (κ3) is 3.77. The minimum absolute atomic E-state index is 0.0556. The molecule has 0 saturated heterocycles. The molecule has 7 nitrogen and oxygen atoms in total. The van der Waals surface area contributed by atoms with E-state index in [0.717, 1.165) is 6.07 Å². The van der Waals surface area contributed by atoms with Crippen molar-refractivity contribution in [3.05, 3.63) is 69.7 Å². The van der Waals surface area contributed by atoms with Crippen molar-refractivity contribution in [2.45, 2.75) is 6.61 Å². The van der Waals surface area contributed by atoms with E-state index in [1.807, 2.05) is 0 Å². The van der Waals surface area contributed by atoms with E-state index in [-0.39, 0.29) is 28.7 Å². The number of hydroxylamine groups is 1. The Morgan fingerprint density at radius 3 is 2.69 bits per heavy atom. The molecule has 0 spiro atoms. The lowest BCUT2D eigenvalue weighted by molar-refractivity contribution is 0.270. The predicted octanol–water partition coefficient (Wildman–Crippen LogP) is 4.32. The van der Waals surface area contributed by atoms with Crippen molar-refractivity contribution in [1.29, 1.82) is 5.41 Å². The van der Waals surface area contributed by atoms with Crippen LogP contribution in [0.3, 0.4) is 0 Å². The maximum absolute atomic E-state index is 13.2. The van der Waals surface area contributed by atoms with E-state index in [9.17, 15) is 9.60 Å². The molecule has 0 aliphatic carbocycles. The molecule has 0 fully saturated rings. The second-order valence-corrected chi connectivity index (χ2v) is 5.85. The van der Waals surface area contributed by atoms with Gasteiger partial charge >= 0.3 is 0 Å². The molecular weight excluding hydrogens is 386 g/mol. The van der Waals surface area contributed by atoms with E-state index in [0.29, 0.717) is 15.8 Å². The van der Waals surface area contributed by atoms with Gasteiger partial charge in [0, 0.05) is 0 Å². The highest BCUT2D eigenvalue weighted by Crippen LogP contribution is 2.25. The Hall–Kier alpha value is -2.68. The van der Waals surface area contributed by atoms with Crippen molar-refractivity contribution >= 4 is 34.7 Å². The van der Waals surface area contributed by atoms with E-state index < -0.39 is 11.7 Å². The molecule has 0 aliphatic rings. The smallest absolute Gasteiger partial charge is 0.182 e. The number of amidine groups is 1. The highest BCUT2D eigenvalue weighted by atomic mass is 35.5. The topological polar surface area (TPSA) is 95.5 Å². The van der Waals surface area contributed by atoms with Crippen molar-refractivity contribution in [3.8, 4) is 5.75 Å². The van der Waals surface area contributed by atoms with Crippen LogP contribution in [0.1, 0.15) is 11.4 Å². The summed E-state index contributed by atoms with van der Waals surface area (Å²) in [6.45, 7) is -0.0943. The Morgan fingerprint density at radius 2 is 1.96 bits per heavy atom. The fourth-order valence-electron chi connectivity index (χ4n) is 2.04. The SMILES string of the molecule is N=C(c1nonc1COc1ccccc1Cl)N(O)c1ccc(F)c(Cl)c1. The number of nitrogens with one attached hydrogen (secondary N) is 1. The third-order valence-electron chi connectivity index (χ3n) is 3.34. The van der Waals surface area contributed by atoms with Crippen LogP contribution in [-0.2, 0) is 6.61 Å². The number of aromatic nitrogens is 2. The molecule has 2 N–H and O–H groups in total. The maximum Gasteiger partial charge on any atom is 0.182 e. The number of benzene rings is 2. The van der Waals surface area contributed by atoms with Crippen LogP contribution in [-0.4, -0.2) is 21.4 Å². The van der Waals surface area contributed by atoms with Gasteiger partial charge in [-0.15, -0.1) is 0 Å².